The summed E-state index contributed by atoms with van der Waals surface area (Å²) < 4.78 is 25.3. The molecular weight excluding hydrogens is 599 g/mol. The minimum Gasteiger partial charge on any atom is -0.332 e. The summed E-state index contributed by atoms with van der Waals surface area (Å²) in [5.74, 6) is -0.249. The Labute approximate surface area is 258 Å². The molecule has 10 nitrogen and oxygen atoms in total. The average molecular weight is 624 g/mol. The fourth-order valence-corrected chi connectivity index (χ4v) is 5.11. The number of hydrogen-bond donors (Lipinski definition) is 2. The Kier molecular flexibility index (Phi) is 8.74. The van der Waals surface area contributed by atoms with Crippen molar-refractivity contribution in [1.29, 1.82) is 0 Å². The molecule has 0 atom stereocenters. The number of nitrogens with zero attached hydrogens (tertiary/aromatic N) is 3. The molecule has 5 rings (SSSR count). The minimum atomic E-state index is -3.37. The number of aromatic nitrogens is 2. The van der Waals surface area contributed by atoms with Gasteiger partial charge in [-0.3, -0.25) is 14.9 Å². The van der Waals surface area contributed by atoms with E-state index in [4.69, 9.17) is 12.2 Å². The van der Waals surface area contributed by atoms with Crippen LogP contribution in [0.1, 0.15) is 15.9 Å². The monoisotopic (exact) mass is 623 g/mol. The van der Waals surface area contributed by atoms with E-state index in [1.54, 1.807) is 65.5 Å². The molecule has 5 aromatic rings. The molecule has 0 unspecified atom stereocenters. The Hall–Kier alpha value is -5.46. The Morgan fingerprint density at radius 3 is 2.09 bits per heavy atom. The van der Waals surface area contributed by atoms with E-state index in [1.165, 1.54) is 30.3 Å². The second-order valence-corrected chi connectivity index (χ2v) is 12.1. The summed E-state index contributed by atoms with van der Waals surface area (Å²) in [4.78, 5) is 23.9. The fourth-order valence-electron chi connectivity index (χ4n) is 4.25. The van der Waals surface area contributed by atoms with Crippen LogP contribution in [0.5, 0.6) is 0 Å². The third kappa shape index (κ3) is 7.30. The maximum absolute atomic E-state index is 13.1. The van der Waals surface area contributed by atoms with Crippen LogP contribution in [0.4, 0.5) is 17.1 Å². The summed E-state index contributed by atoms with van der Waals surface area (Å²) in [6, 6.07) is 28.5. The van der Waals surface area contributed by atoms with Gasteiger partial charge in [0.1, 0.15) is 0 Å². The summed E-state index contributed by atoms with van der Waals surface area (Å²) in [5, 5.41) is 22.4. The molecule has 1 heterocycles. The number of hydrogen-bond acceptors (Lipinski definition) is 7. The van der Waals surface area contributed by atoms with E-state index in [2.05, 4.69) is 15.7 Å². The number of anilines is 2. The first-order chi connectivity index (χ1) is 21.1. The quantitative estimate of drug-likeness (QED) is 0.0615. The van der Waals surface area contributed by atoms with Crippen LogP contribution >= 0.6 is 12.2 Å². The van der Waals surface area contributed by atoms with Gasteiger partial charge < -0.3 is 10.6 Å². The third-order valence-corrected chi connectivity index (χ3v) is 7.83. The number of carbonyl (C=O) groups is 1. The van der Waals surface area contributed by atoms with Crippen LogP contribution in [-0.2, 0) is 9.84 Å². The lowest BCUT2D eigenvalue weighted by molar-refractivity contribution is -0.384. The number of nitro benzene ring substituents is 1. The molecule has 0 bridgehead atoms. The van der Waals surface area contributed by atoms with Gasteiger partial charge in [0.15, 0.2) is 20.7 Å². The fraction of sp³-hybridized carbons (Fsp3) is 0.0312. The summed E-state index contributed by atoms with van der Waals surface area (Å²) in [5.41, 5.74) is 4.21. The van der Waals surface area contributed by atoms with Crippen LogP contribution in [0, 0.1) is 10.1 Å². The first-order valence-electron chi connectivity index (χ1n) is 13.2. The molecule has 2 N–H and O–H groups in total. The van der Waals surface area contributed by atoms with E-state index in [0.717, 1.165) is 11.9 Å². The van der Waals surface area contributed by atoms with Crippen molar-refractivity contribution in [2.75, 3.05) is 16.9 Å². The minimum absolute atomic E-state index is 0.0636. The maximum Gasteiger partial charge on any atom is 0.269 e. The van der Waals surface area contributed by atoms with Gasteiger partial charge in [-0.05, 0) is 97.2 Å². The van der Waals surface area contributed by atoms with Crippen molar-refractivity contribution in [1.82, 2.24) is 9.78 Å². The van der Waals surface area contributed by atoms with Gasteiger partial charge in [0.05, 0.1) is 21.2 Å². The zero-order chi connectivity index (χ0) is 31.3. The van der Waals surface area contributed by atoms with Gasteiger partial charge in [-0.15, -0.1) is 0 Å². The molecule has 0 saturated heterocycles. The molecule has 0 aliphatic rings. The molecule has 220 valence electrons. The van der Waals surface area contributed by atoms with Gasteiger partial charge in [-0.2, -0.15) is 5.10 Å². The van der Waals surface area contributed by atoms with Gasteiger partial charge in [0.2, 0.25) is 0 Å². The molecule has 0 amide bonds. The van der Waals surface area contributed by atoms with E-state index in [9.17, 15) is 23.3 Å². The summed E-state index contributed by atoms with van der Waals surface area (Å²) in [6.07, 6.45) is 5.87. The second kappa shape index (κ2) is 12.8. The number of sulfone groups is 1. The number of carbonyl (C=O) groups excluding carboxylic acids is 1. The first kappa shape index (κ1) is 30.0. The van der Waals surface area contributed by atoms with E-state index >= 15 is 0 Å². The number of non-ortho nitro benzene ring substituents is 1. The van der Waals surface area contributed by atoms with Crippen LogP contribution < -0.4 is 10.6 Å². The van der Waals surface area contributed by atoms with Gasteiger partial charge in [0, 0.05) is 52.7 Å². The molecule has 0 fully saturated rings. The topological polar surface area (TPSA) is 136 Å². The molecule has 12 heteroatoms. The van der Waals surface area contributed by atoms with Gasteiger partial charge in [-0.1, -0.05) is 18.2 Å². The number of ketones is 1. The number of rotatable bonds is 9. The molecule has 0 saturated carbocycles. The molecule has 44 heavy (non-hydrogen) atoms. The molecular formula is C32H25N5O5S2. The molecule has 0 spiro atoms. The third-order valence-electron chi connectivity index (χ3n) is 6.50. The molecule has 0 aliphatic heterocycles. The van der Waals surface area contributed by atoms with Crippen LogP contribution in [0.2, 0.25) is 0 Å². The highest BCUT2D eigenvalue weighted by molar-refractivity contribution is 7.90. The normalized spacial score (nSPS) is 11.3. The smallest absolute Gasteiger partial charge is 0.269 e. The van der Waals surface area contributed by atoms with Crippen molar-refractivity contribution in [3.05, 3.63) is 137 Å². The van der Waals surface area contributed by atoms with Gasteiger partial charge >= 0.3 is 0 Å². The molecule has 4 aromatic carbocycles. The number of nitro groups is 1. The molecule has 0 radical (unpaired) electrons. The number of nitrogens with one attached hydrogen (secondary N) is 2. The zero-order valence-corrected chi connectivity index (χ0v) is 24.9. The zero-order valence-electron chi connectivity index (χ0n) is 23.2. The van der Waals surface area contributed by atoms with Crippen LogP contribution in [0.3, 0.4) is 0 Å². The highest BCUT2D eigenvalue weighted by Gasteiger charge is 2.14. The van der Waals surface area contributed by atoms with E-state index in [0.29, 0.717) is 38.9 Å². The highest BCUT2D eigenvalue weighted by Crippen LogP contribution is 2.27. The Balaban J connectivity index is 1.37. The standard InChI is InChI=1S/C32H25N5O5S2/c1-44(41,42)29-18-16-27(17-19-29)36-21-24(31(35-36)23-9-14-28(15-10-23)37(39)40)11-20-30(38)22-7-12-26(13-8-22)34-32(43)33-25-5-3-2-4-6-25/h2-21H,1H3,(H2,33,34,43)/b20-11+. The number of thiocarbonyl (C=S) groups is 1. The van der Waals surface area contributed by atoms with E-state index in [1.807, 2.05) is 30.3 Å². The summed E-state index contributed by atoms with van der Waals surface area (Å²) in [7, 11) is -3.37. The number of para-hydroxylation sites is 1. The lowest BCUT2D eigenvalue weighted by Gasteiger charge is -2.10. The van der Waals surface area contributed by atoms with Gasteiger partial charge in [-0.25, -0.2) is 13.1 Å². The van der Waals surface area contributed by atoms with Crippen LogP contribution in [0.25, 0.3) is 23.0 Å². The van der Waals surface area contributed by atoms with Gasteiger partial charge in [0.25, 0.3) is 5.69 Å². The number of benzene rings is 4. The Morgan fingerprint density at radius 2 is 1.50 bits per heavy atom. The van der Waals surface area contributed by atoms with E-state index in [-0.39, 0.29) is 16.4 Å². The highest BCUT2D eigenvalue weighted by atomic mass is 32.2. The van der Waals surface area contributed by atoms with Crippen molar-refractivity contribution in [3.8, 4) is 16.9 Å². The van der Waals surface area contributed by atoms with Crippen LogP contribution in [-0.4, -0.2) is 40.3 Å². The predicted octanol–water partition coefficient (Wildman–Crippen LogP) is 6.56. The maximum atomic E-state index is 13.1. The largest absolute Gasteiger partial charge is 0.332 e. The van der Waals surface area contributed by atoms with Crippen molar-refractivity contribution in [3.63, 3.8) is 0 Å². The average Bonchev–Trinajstić information content (AvgIpc) is 3.44. The Morgan fingerprint density at radius 1 is 0.886 bits per heavy atom. The summed E-state index contributed by atoms with van der Waals surface area (Å²) in [6.45, 7) is 0. The lowest BCUT2D eigenvalue weighted by atomic mass is 10.1. The SMILES string of the molecule is CS(=O)(=O)c1ccc(-n2cc(/C=C/C(=O)c3ccc(NC(=S)Nc4ccccc4)cc3)c(-c3ccc([N+](=O)[O-])cc3)n2)cc1. The first-order valence-corrected chi connectivity index (χ1v) is 15.5. The van der Waals surface area contributed by atoms with Crippen molar-refractivity contribution in [2.24, 2.45) is 0 Å². The molecule has 1 aromatic heterocycles. The van der Waals surface area contributed by atoms with Crippen molar-refractivity contribution in [2.45, 2.75) is 4.90 Å². The number of allylic oxidation sites excluding steroid dienone is 1. The Bertz CT molecular complexity index is 1970. The lowest BCUT2D eigenvalue weighted by Crippen LogP contribution is -2.18. The van der Waals surface area contributed by atoms with E-state index < -0.39 is 14.8 Å². The van der Waals surface area contributed by atoms with Crippen LogP contribution in [0.15, 0.2) is 120 Å². The van der Waals surface area contributed by atoms with Crippen molar-refractivity contribution < 1.29 is 18.1 Å². The second-order valence-electron chi connectivity index (χ2n) is 9.67. The predicted molar refractivity (Wildman–Crippen MR) is 175 cm³/mol. The summed E-state index contributed by atoms with van der Waals surface area (Å²) >= 11 is 5.36. The molecule has 0 aliphatic carbocycles. The van der Waals surface area contributed by atoms with Crippen molar-refractivity contribution >= 4 is 56.1 Å².